The summed E-state index contributed by atoms with van der Waals surface area (Å²) in [5.74, 6) is -2.11. The fourth-order valence-corrected chi connectivity index (χ4v) is 2.22. The van der Waals surface area contributed by atoms with Crippen molar-refractivity contribution in [2.75, 3.05) is 24.7 Å². The molecule has 0 bridgehead atoms. The smallest absolute Gasteiger partial charge is 0.328 e. The highest BCUT2D eigenvalue weighted by Crippen LogP contribution is 2.34. The molecule has 0 spiro atoms. The van der Waals surface area contributed by atoms with Crippen LogP contribution in [0.25, 0.3) is 0 Å². The molecule has 6 nitrogen and oxygen atoms in total. The molecule has 20 heavy (non-hydrogen) atoms. The molecule has 0 aromatic heterocycles. The average Bonchev–Trinajstić information content (AvgIpc) is 2.37. The van der Waals surface area contributed by atoms with Gasteiger partial charge in [0.2, 0.25) is 5.82 Å². The Kier molecular flexibility index (Phi) is 4.15. The van der Waals surface area contributed by atoms with Gasteiger partial charge in [-0.15, -0.1) is 0 Å². The minimum absolute atomic E-state index is 0.126. The highest BCUT2D eigenvalue weighted by molar-refractivity contribution is 5.65. The Balaban J connectivity index is 2.47. The van der Waals surface area contributed by atoms with Gasteiger partial charge < -0.3 is 14.7 Å². The first-order chi connectivity index (χ1) is 9.43. The van der Waals surface area contributed by atoms with E-state index in [1.165, 1.54) is 4.90 Å². The van der Waals surface area contributed by atoms with Crippen LogP contribution < -0.4 is 4.90 Å². The van der Waals surface area contributed by atoms with Gasteiger partial charge in [-0.3, -0.25) is 10.1 Å². The van der Waals surface area contributed by atoms with Gasteiger partial charge in [0.15, 0.2) is 0 Å². The van der Waals surface area contributed by atoms with Crippen LogP contribution in [0.1, 0.15) is 6.92 Å². The van der Waals surface area contributed by atoms with Crippen LogP contribution in [0.4, 0.5) is 20.2 Å². The van der Waals surface area contributed by atoms with E-state index >= 15 is 0 Å². The number of aliphatic hydroxyl groups excluding tert-OH is 1. The number of halogens is 2. The first-order valence-electron chi connectivity index (χ1n) is 6.06. The minimum Gasteiger partial charge on any atom is -0.394 e. The standard InChI is InChI=1S/C12H14F2N2O4/c1-7-6-20-9(5-17)4-15(7)11-3-8(13)2-10(14)12(11)16(18)19/h2-3,7,9,17H,4-6H2,1H3. The van der Waals surface area contributed by atoms with Crippen molar-refractivity contribution in [3.05, 3.63) is 33.9 Å². The molecule has 1 aliphatic rings. The summed E-state index contributed by atoms with van der Waals surface area (Å²) in [7, 11) is 0. The van der Waals surface area contributed by atoms with Crippen LogP contribution >= 0.6 is 0 Å². The molecule has 1 aromatic rings. The van der Waals surface area contributed by atoms with Crippen LogP contribution in [0.5, 0.6) is 0 Å². The number of benzene rings is 1. The summed E-state index contributed by atoms with van der Waals surface area (Å²) in [4.78, 5) is 11.6. The van der Waals surface area contributed by atoms with Gasteiger partial charge in [0.25, 0.3) is 0 Å². The molecule has 1 N–H and O–H groups in total. The number of hydrogen-bond donors (Lipinski definition) is 1. The van der Waals surface area contributed by atoms with Crippen molar-refractivity contribution < 1.29 is 23.5 Å². The molecule has 1 aromatic carbocycles. The number of ether oxygens (including phenoxy) is 1. The quantitative estimate of drug-likeness (QED) is 0.673. The number of anilines is 1. The number of morpholine rings is 1. The lowest BCUT2D eigenvalue weighted by Crippen LogP contribution is -2.49. The van der Waals surface area contributed by atoms with Crippen molar-refractivity contribution in [3.63, 3.8) is 0 Å². The van der Waals surface area contributed by atoms with E-state index in [9.17, 15) is 18.9 Å². The van der Waals surface area contributed by atoms with E-state index in [1.54, 1.807) is 6.92 Å². The van der Waals surface area contributed by atoms with Gasteiger partial charge in [-0.05, 0) is 6.92 Å². The molecule has 2 unspecified atom stereocenters. The third-order valence-electron chi connectivity index (χ3n) is 3.21. The lowest BCUT2D eigenvalue weighted by molar-refractivity contribution is -0.386. The molecule has 1 saturated heterocycles. The fraction of sp³-hybridized carbons (Fsp3) is 0.500. The number of nitro groups is 1. The van der Waals surface area contributed by atoms with Crippen molar-refractivity contribution in [1.82, 2.24) is 0 Å². The second-order valence-electron chi connectivity index (χ2n) is 4.65. The SMILES string of the molecule is CC1COC(CO)CN1c1cc(F)cc(F)c1[N+](=O)[O-]. The molecular formula is C12H14F2N2O4. The molecule has 1 heterocycles. The molecule has 1 fully saturated rings. The van der Waals surface area contributed by atoms with Gasteiger partial charge >= 0.3 is 5.69 Å². The molecule has 0 radical (unpaired) electrons. The van der Waals surface area contributed by atoms with Crippen LogP contribution in [0.2, 0.25) is 0 Å². The normalized spacial score (nSPS) is 22.9. The molecular weight excluding hydrogens is 274 g/mol. The van der Waals surface area contributed by atoms with Gasteiger partial charge in [0.05, 0.1) is 24.2 Å². The van der Waals surface area contributed by atoms with Gasteiger partial charge in [0, 0.05) is 24.7 Å². The summed E-state index contributed by atoms with van der Waals surface area (Å²) in [5, 5.41) is 20.1. The average molecular weight is 288 g/mol. The molecule has 110 valence electrons. The monoisotopic (exact) mass is 288 g/mol. The Morgan fingerprint density at radius 1 is 1.55 bits per heavy atom. The van der Waals surface area contributed by atoms with E-state index in [4.69, 9.17) is 9.84 Å². The summed E-state index contributed by atoms with van der Waals surface area (Å²) < 4.78 is 32.3. The first-order valence-corrected chi connectivity index (χ1v) is 6.06. The van der Waals surface area contributed by atoms with E-state index in [2.05, 4.69) is 0 Å². The second-order valence-corrected chi connectivity index (χ2v) is 4.65. The summed E-state index contributed by atoms with van der Waals surface area (Å²) in [6.07, 6.45) is -0.544. The fourth-order valence-electron chi connectivity index (χ4n) is 2.22. The first kappa shape index (κ1) is 14.6. The van der Waals surface area contributed by atoms with Crippen molar-refractivity contribution in [3.8, 4) is 0 Å². The number of rotatable bonds is 3. The molecule has 2 rings (SSSR count). The summed E-state index contributed by atoms with van der Waals surface area (Å²) in [6.45, 7) is 1.79. The molecule has 8 heteroatoms. The number of aliphatic hydroxyl groups is 1. The largest absolute Gasteiger partial charge is 0.394 e. The number of nitro benzene ring substituents is 1. The zero-order valence-corrected chi connectivity index (χ0v) is 10.8. The van der Waals surface area contributed by atoms with Gasteiger partial charge in [-0.2, -0.15) is 4.39 Å². The zero-order chi connectivity index (χ0) is 14.9. The van der Waals surface area contributed by atoms with Crippen LogP contribution in [0.15, 0.2) is 12.1 Å². The lowest BCUT2D eigenvalue weighted by Gasteiger charge is -2.38. The maximum Gasteiger partial charge on any atom is 0.328 e. The van der Waals surface area contributed by atoms with Gasteiger partial charge in [-0.1, -0.05) is 0 Å². The highest BCUT2D eigenvalue weighted by atomic mass is 19.1. The van der Waals surface area contributed by atoms with Crippen molar-refractivity contribution in [2.24, 2.45) is 0 Å². The number of hydrogen-bond acceptors (Lipinski definition) is 5. The lowest BCUT2D eigenvalue weighted by atomic mass is 10.1. The van der Waals surface area contributed by atoms with Crippen LogP contribution in [-0.4, -0.2) is 41.9 Å². The van der Waals surface area contributed by atoms with Gasteiger partial charge in [-0.25, -0.2) is 4.39 Å². The Hall–Kier alpha value is -1.80. The number of nitrogens with zero attached hydrogens (tertiary/aromatic N) is 2. The summed E-state index contributed by atoms with van der Waals surface area (Å²) in [6, 6.07) is 1.12. The molecule has 0 amide bonds. The Labute approximate surface area is 113 Å². The van der Waals surface area contributed by atoms with Crippen molar-refractivity contribution in [2.45, 2.75) is 19.1 Å². The van der Waals surface area contributed by atoms with Gasteiger partial charge in [0.1, 0.15) is 11.5 Å². The van der Waals surface area contributed by atoms with E-state index < -0.39 is 28.3 Å². The zero-order valence-electron chi connectivity index (χ0n) is 10.8. The third kappa shape index (κ3) is 2.70. The van der Waals surface area contributed by atoms with E-state index in [0.717, 1.165) is 6.07 Å². The van der Waals surface area contributed by atoms with Crippen LogP contribution in [0, 0.1) is 21.7 Å². The molecule has 0 aliphatic carbocycles. The van der Waals surface area contributed by atoms with E-state index in [0.29, 0.717) is 6.07 Å². The maximum atomic E-state index is 13.6. The minimum atomic E-state index is -1.22. The molecule has 0 saturated carbocycles. The van der Waals surface area contributed by atoms with Crippen molar-refractivity contribution in [1.29, 1.82) is 0 Å². The summed E-state index contributed by atoms with van der Waals surface area (Å²) in [5.41, 5.74) is -0.904. The predicted octanol–water partition coefficient (Wildman–Crippen LogP) is 1.46. The second kappa shape index (κ2) is 5.68. The van der Waals surface area contributed by atoms with E-state index in [-0.39, 0.29) is 31.5 Å². The van der Waals surface area contributed by atoms with Crippen LogP contribution in [0.3, 0.4) is 0 Å². The maximum absolute atomic E-state index is 13.6. The third-order valence-corrected chi connectivity index (χ3v) is 3.21. The predicted molar refractivity (Wildman–Crippen MR) is 66.6 cm³/mol. The Bertz CT molecular complexity index is 526. The highest BCUT2D eigenvalue weighted by Gasteiger charge is 2.33. The summed E-state index contributed by atoms with van der Waals surface area (Å²) >= 11 is 0. The molecule has 2 atom stereocenters. The van der Waals surface area contributed by atoms with E-state index in [1.807, 2.05) is 0 Å². The topological polar surface area (TPSA) is 75.8 Å². The Morgan fingerprint density at radius 3 is 2.85 bits per heavy atom. The van der Waals surface area contributed by atoms with Crippen LogP contribution in [-0.2, 0) is 4.74 Å². The Morgan fingerprint density at radius 2 is 2.25 bits per heavy atom. The molecule has 1 aliphatic heterocycles. The van der Waals surface area contributed by atoms with Crippen molar-refractivity contribution >= 4 is 11.4 Å².